The van der Waals surface area contributed by atoms with E-state index in [9.17, 15) is 8.78 Å². The zero-order valence-electron chi connectivity index (χ0n) is 5.75. The summed E-state index contributed by atoms with van der Waals surface area (Å²) in [7, 11) is 0. The SMILES string of the molecule is CC1=CC12NCCC2(F)F. The van der Waals surface area contributed by atoms with Crippen LogP contribution in [0.25, 0.3) is 0 Å². The summed E-state index contributed by atoms with van der Waals surface area (Å²) >= 11 is 0. The molecule has 1 atom stereocenters. The molecule has 1 saturated heterocycles. The van der Waals surface area contributed by atoms with Gasteiger partial charge in [0.15, 0.2) is 0 Å². The smallest absolute Gasteiger partial charge is 0.274 e. The van der Waals surface area contributed by atoms with E-state index in [2.05, 4.69) is 5.32 Å². The van der Waals surface area contributed by atoms with Crippen LogP contribution in [0, 0.1) is 0 Å². The molecule has 3 heteroatoms. The van der Waals surface area contributed by atoms with Crippen molar-refractivity contribution >= 4 is 0 Å². The molecular formula is C7H9F2N. The topological polar surface area (TPSA) is 12.0 Å². The fourth-order valence-electron chi connectivity index (χ4n) is 1.62. The zero-order chi connectivity index (χ0) is 7.41. The largest absolute Gasteiger partial charge is 0.299 e. The molecule has 1 unspecified atom stereocenters. The van der Waals surface area contributed by atoms with Gasteiger partial charge in [0, 0.05) is 13.0 Å². The van der Waals surface area contributed by atoms with Crippen LogP contribution in [0.2, 0.25) is 0 Å². The molecule has 0 amide bonds. The van der Waals surface area contributed by atoms with Crippen LogP contribution < -0.4 is 5.32 Å². The van der Waals surface area contributed by atoms with Gasteiger partial charge < -0.3 is 0 Å². The number of alkyl halides is 2. The lowest BCUT2D eigenvalue weighted by molar-refractivity contribution is -0.0141. The van der Waals surface area contributed by atoms with Crippen molar-refractivity contribution in [3.05, 3.63) is 11.6 Å². The minimum absolute atomic E-state index is 0.0269. The van der Waals surface area contributed by atoms with E-state index in [1.165, 1.54) is 0 Å². The zero-order valence-corrected chi connectivity index (χ0v) is 5.75. The Morgan fingerprint density at radius 1 is 1.60 bits per heavy atom. The van der Waals surface area contributed by atoms with Gasteiger partial charge in [-0.3, -0.25) is 5.32 Å². The molecule has 10 heavy (non-hydrogen) atoms. The molecule has 1 heterocycles. The summed E-state index contributed by atoms with van der Waals surface area (Å²) in [6.45, 7) is 2.17. The van der Waals surface area contributed by atoms with Crippen molar-refractivity contribution in [1.82, 2.24) is 5.32 Å². The van der Waals surface area contributed by atoms with Crippen molar-refractivity contribution in [3.8, 4) is 0 Å². The minimum Gasteiger partial charge on any atom is -0.299 e. The molecule has 0 aromatic heterocycles. The fourth-order valence-corrected chi connectivity index (χ4v) is 1.62. The highest BCUT2D eigenvalue weighted by molar-refractivity contribution is 5.49. The molecule has 1 aliphatic carbocycles. The molecule has 1 N–H and O–H groups in total. The van der Waals surface area contributed by atoms with Crippen LogP contribution in [-0.2, 0) is 0 Å². The molecule has 0 aromatic rings. The van der Waals surface area contributed by atoms with Crippen molar-refractivity contribution in [2.75, 3.05) is 6.54 Å². The van der Waals surface area contributed by atoms with Gasteiger partial charge in [-0.2, -0.15) is 0 Å². The van der Waals surface area contributed by atoms with Crippen molar-refractivity contribution < 1.29 is 8.78 Å². The molecule has 0 aromatic carbocycles. The Morgan fingerprint density at radius 3 is 2.40 bits per heavy atom. The fraction of sp³-hybridized carbons (Fsp3) is 0.714. The summed E-state index contributed by atoms with van der Waals surface area (Å²) in [5.41, 5.74) is -0.206. The monoisotopic (exact) mass is 145 g/mol. The standard InChI is InChI=1S/C7H9F2N/c1-5-4-6(5)7(8,9)2-3-10-6/h4,10H,2-3H2,1H3. The molecule has 0 bridgehead atoms. The molecule has 56 valence electrons. The van der Waals surface area contributed by atoms with E-state index in [4.69, 9.17) is 0 Å². The summed E-state index contributed by atoms with van der Waals surface area (Å²) in [5.74, 6) is -2.53. The molecule has 1 nitrogen and oxygen atoms in total. The highest BCUT2D eigenvalue weighted by Crippen LogP contribution is 2.51. The quantitative estimate of drug-likeness (QED) is 0.507. The van der Waals surface area contributed by atoms with Gasteiger partial charge in [0.2, 0.25) is 0 Å². The number of nitrogens with one attached hydrogen (secondary N) is 1. The first kappa shape index (κ1) is 6.28. The summed E-state index contributed by atoms with van der Waals surface area (Å²) in [6, 6.07) is 0. The van der Waals surface area contributed by atoms with Gasteiger partial charge in [-0.05, 0) is 12.5 Å². The van der Waals surface area contributed by atoms with Gasteiger partial charge in [0.05, 0.1) is 0 Å². The highest BCUT2D eigenvalue weighted by Gasteiger charge is 2.63. The normalized spacial score (nSPS) is 42.1. The predicted octanol–water partition coefficient (Wildman–Crippen LogP) is 1.31. The van der Waals surface area contributed by atoms with E-state index in [0.717, 1.165) is 5.57 Å². The van der Waals surface area contributed by atoms with Crippen molar-refractivity contribution in [2.45, 2.75) is 24.8 Å². The van der Waals surface area contributed by atoms with Crippen LogP contribution in [-0.4, -0.2) is 18.0 Å². The lowest BCUT2D eigenvalue weighted by atomic mass is 10.1. The first-order valence-corrected chi connectivity index (χ1v) is 3.41. The van der Waals surface area contributed by atoms with Crippen LogP contribution in [0.1, 0.15) is 13.3 Å². The molecule has 0 saturated carbocycles. The summed E-state index contributed by atoms with van der Waals surface area (Å²) in [6.07, 6.45) is 1.58. The van der Waals surface area contributed by atoms with Crippen LogP contribution in [0.4, 0.5) is 8.78 Å². The predicted molar refractivity (Wildman–Crippen MR) is 34.1 cm³/mol. The average Bonchev–Trinajstić information content (AvgIpc) is 2.34. The van der Waals surface area contributed by atoms with Crippen LogP contribution in [0.15, 0.2) is 11.6 Å². The maximum absolute atomic E-state index is 12.9. The summed E-state index contributed by atoms with van der Waals surface area (Å²) in [4.78, 5) is 0. The van der Waals surface area contributed by atoms with E-state index >= 15 is 0 Å². The molecule has 1 spiro atoms. The third-order valence-corrected chi connectivity index (χ3v) is 2.39. The van der Waals surface area contributed by atoms with E-state index < -0.39 is 11.5 Å². The molecule has 1 fully saturated rings. The van der Waals surface area contributed by atoms with E-state index in [-0.39, 0.29) is 6.42 Å². The maximum atomic E-state index is 12.9. The number of halogens is 2. The first-order chi connectivity index (χ1) is 4.58. The average molecular weight is 145 g/mol. The van der Waals surface area contributed by atoms with Gasteiger partial charge in [0.1, 0.15) is 5.54 Å². The second kappa shape index (κ2) is 1.42. The summed E-state index contributed by atoms with van der Waals surface area (Å²) < 4.78 is 25.8. The first-order valence-electron chi connectivity index (χ1n) is 3.41. The Balaban J connectivity index is 2.25. The second-order valence-electron chi connectivity index (χ2n) is 3.02. The number of rotatable bonds is 0. The Bertz CT molecular complexity index is 210. The molecule has 0 radical (unpaired) electrons. The Morgan fingerprint density at radius 2 is 2.20 bits per heavy atom. The maximum Gasteiger partial charge on any atom is 0.274 e. The van der Waals surface area contributed by atoms with Crippen molar-refractivity contribution in [2.24, 2.45) is 0 Å². The lowest BCUT2D eigenvalue weighted by Gasteiger charge is -2.19. The number of hydrogen-bond donors (Lipinski definition) is 1. The van der Waals surface area contributed by atoms with E-state index in [1.54, 1.807) is 13.0 Å². The minimum atomic E-state index is -2.53. The van der Waals surface area contributed by atoms with E-state index in [1.807, 2.05) is 0 Å². The lowest BCUT2D eigenvalue weighted by Crippen LogP contribution is -2.41. The Hall–Kier alpha value is -0.440. The van der Waals surface area contributed by atoms with Gasteiger partial charge >= 0.3 is 0 Å². The third-order valence-electron chi connectivity index (χ3n) is 2.39. The molecule has 2 aliphatic rings. The number of hydrogen-bond acceptors (Lipinski definition) is 1. The van der Waals surface area contributed by atoms with Crippen molar-refractivity contribution in [1.29, 1.82) is 0 Å². The highest BCUT2D eigenvalue weighted by atomic mass is 19.3. The summed E-state index contributed by atoms with van der Waals surface area (Å²) in [5, 5.41) is 2.80. The molecule has 1 aliphatic heterocycles. The van der Waals surface area contributed by atoms with Crippen LogP contribution in [0.5, 0.6) is 0 Å². The van der Waals surface area contributed by atoms with Crippen LogP contribution in [0.3, 0.4) is 0 Å². The Kier molecular flexibility index (Phi) is 0.892. The Labute approximate surface area is 58.1 Å². The van der Waals surface area contributed by atoms with Gasteiger partial charge in [-0.25, -0.2) is 8.78 Å². The third kappa shape index (κ3) is 0.498. The van der Waals surface area contributed by atoms with E-state index in [0.29, 0.717) is 6.54 Å². The van der Waals surface area contributed by atoms with Crippen molar-refractivity contribution in [3.63, 3.8) is 0 Å². The molecular weight excluding hydrogens is 136 g/mol. The van der Waals surface area contributed by atoms with Crippen LogP contribution >= 0.6 is 0 Å². The van der Waals surface area contributed by atoms with Gasteiger partial charge in [0.25, 0.3) is 5.92 Å². The van der Waals surface area contributed by atoms with Gasteiger partial charge in [-0.1, -0.05) is 6.08 Å². The molecule has 2 rings (SSSR count). The second-order valence-corrected chi connectivity index (χ2v) is 3.02. The van der Waals surface area contributed by atoms with Gasteiger partial charge in [-0.15, -0.1) is 0 Å².